The van der Waals surface area contributed by atoms with E-state index in [-0.39, 0.29) is 5.88 Å². The number of nitrogens with zero attached hydrogens (tertiary/aromatic N) is 2. The van der Waals surface area contributed by atoms with Crippen LogP contribution in [0.2, 0.25) is 0 Å². The summed E-state index contributed by atoms with van der Waals surface area (Å²) in [7, 11) is 0. The van der Waals surface area contributed by atoms with Gasteiger partial charge < -0.3 is 9.47 Å². The number of rotatable bonds is 4. The number of aromatic nitrogens is 1. The van der Waals surface area contributed by atoms with Crippen molar-refractivity contribution < 1.29 is 22.6 Å². The van der Waals surface area contributed by atoms with Gasteiger partial charge in [-0.1, -0.05) is 0 Å². The summed E-state index contributed by atoms with van der Waals surface area (Å²) in [6.07, 6.45) is -4.30. The lowest BCUT2D eigenvalue weighted by Gasteiger charge is -2.10. The molecule has 0 saturated carbocycles. The van der Waals surface area contributed by atoms with Crippen LogP contribution in [-0.4, -0.2) is 11.1 Å². The highest BCUT2D eigenvalue weighted by Gasteiger charge is 2.30. The van der Waals surface area contributed by atoms with Crippen LogP contribution in [0.3, 0.4) is 0 Å². The van der Waals surface area contributed by atoms with Crippen molar-refractivity contribution in [3.63, 3.8) is 0 Å². The van der Waals surface area contributed by atoms with Crippen molar-refractivity contribution in [3.05, 3.63) is 48.2 Å². The molecule has 0 spiro atoms. The smallest absolute Gasteiger partial charge is 0.417 e. The molecule has 0 bridgehead atoms. The number of hydrogen-bond donors (Lipinski definition) is 0. The first-order valence-corrected chi connectivity index (χ1v) is 6.26. The maximum atomic E-state index is 12.4. The van der Waals surface area contributed by atoms with E-state index in [1.54, 1.807) is 31.2 Å². The molecular weight excluding hydrogens is 297 g/mol. The Hall–Kier alpha value is -2.75. The molecule has 22 heavy (non-hydrogen) atoms. The van der Waals surface area contributed by atoms with Crippen LogP contribution < -0.4 is 9.47 Å². The minimum Gasteiger partial charge on any atom is -0.476 e. The predicted molar refractivity (Wildman–Crippen MR) is 71.5 cm³/mol. The molecule has 4 nitrogen and oxygen atoms in total. The van der Waals surface area contributed by atoms with E-state index in [1.165, 1.54) is 0 Å². The third kappa shape index (κ3) is 4.12. The predicted octanol–water partition coefficient (Wildman–Crippen LogP) is 4.18. The lowest BCUT2D eigenvalue weighted by Crippen LogP contribution is -2.07. The van der Waals surface area contributed by atoms with Gasteiger partial charge in [0.05, 0.1) is 5.56 Å². The van der Waals surface area contributed by atoms with E-state index < -0.39 is 17.8 Å². The zero-order chi connectivity index (χ0) is 16.2. The van der Waals surface area contributed by atoms with Crippen LogP contribution in [0.4, 0.5) is 13.2 Å². The normalized spacial score (nSPS) is 12.3. The number of benzene rings is 1. The summed E-state index contributed by atoms with van der Waals surface area (Å²) in [6.45, 7) is 1.61. The van der Waals surface area contributed by atoms with Crippen LogP contribution in [0.15, 0.2) is 42.6 Å². The summed E-state index contributed by atoms with van der Waals surface area (Å²) < 4.78 is 47.8. The van der Waals surface area contributed by atoms with Gasteiger partial charge in [0.1, 0.15) is 17.6 Å². The molecule has 1 atom stereocenters. The average molecular weight is 308 g/mol. The van der Waals surface area contributed by atoms with E-state index >= 15 is 0 Å². The highest BCUT2D eigenvalue weighted by Crippen LogP contribution is 2.30. The molecule has 0 fully saturated rings. The number of ether oxygens (including phenoxy) is 2. The van der Waals surface area contributed by atoms with E-state index in [0.29, 0.717) is 17.7 Å². The molecular formula is C15H11F3N2O2. The van der Waals surface area contributed by atoms with Gasteiger partial charge in [-0.05, 0) is 37.3 Å². The molecule has 0 aliphatic heterocycles. The Morgan fingerprint density at radius 1 is 1.09 bits per heavy atom. The summed E-state index contributed by atoms with van der Waals surface area (Å²) in [5.41, 5.74) is -0.839. The topological polar surface area (TPSA) is 55.1 Å². The van der Waals surface area contributed by atoms with Gasteiger partial charge in [0.25, 0.3) is 0 Å². The lowest BCUT2D eigenvalue weighted by atomic mass is 10.3. The Morgan fingerprint density at radius 3 is 2.23 bits per heavy atom. The van der Waals surface area contributed by atoms with Crippen molar-refractivity contribution in [3.8, 4) is 23.4 Å². The van der Waals surface area contributed by atoms with E-state index in [4.69, 9.17) is 14.7 Å². The van der Waals surface area contributed by atoms with E-state index in [2.05, 4.69) is 4.98 Å². The first-order valence-electron chi connectivity index (χ1n) is 6.26. The molecule has 0 aliphatic rings. The zero-order valence-electron chi connectivity index (χ0n) is 11.5. The minimum absolute atomic E-state index is 0.0482. The Bertz CT molecular complexity index is 661. The second-order valence-corrected chi connectivity index (χ2v) is 4.35. The van der Waals surface area contributed by atoms with Crippen molar-refractivity contribution >= 4 is 0 Å². The Labute approximate surface area is 124 Å². The molecule has 1 unspecified atom stereocenters. The summed E-state index contributed by atoms with van der Waals surface area (Å²) in [5.74, 6) is 0.929. The van der Waals surface area contributed by atoms with Crippen molar-refractivity contribution in [2.75, 3.05) is 0 Å². The summed E-state index contributed by atoms with van der Waals surface area (Å²) in [6, 6.07) is 10.3. The van der Waals surface area contributed by atoms with E-state index in [9.17, 15) is 13.2 Å². The SMILES string of the molecule is CC(C#N)Oc1ccc(Oc2ccc(C(F)(F)F)cn2)cc1. The zero-order valence-corrected chi connectivity index (χ0v) is 11.5. The molecule has 0 N–H and O–H groups in total. The van der Waals surface area contributed by atoms with Crippen LogP contribution in [0.1, 0.15) is 12.5 Å². The first kappa shape index (κ1) is 15.6. The lowest BCUT2D eigenvalue weighted by molar-refractivity contribution is -0.137. The number of alkyl halides is 3. The van der Waals surface area contributed by atoms with Crippen molar-refractivity contribution in [1.29, 1.82) is 5.26 Å². The molecule has 2 aromatic rings. The third-order valence-electron chi connectivity index (χ3n) is 2.60. The van der Waals surface area contributed by atoms with Gasteiger partial charge in [0.2, 0.25) is 5.88 Å². The summed E-state index contributed by atoms with van der Waals surface area (Å²) >= 11 is 0. The van der Waals surface area contributed by atoms with E-state index in [1.807, 2.05) is 6.07 Å². The Kier molecular flexibility index (Phi) is 4.51. The molecule has 1 aromatic heterocycles. The molecule has 114 valence electrons. The number of nitriles is 1. The van der Waals surface area contributed by atoms with Gasteiger partial charge in [-0.3, -0.25) is 0 Å². The highest BCUT2D eigenvalue weighted by atomic mass is 19.4. The molecule has 1 heterocycles. The second-order valence-electron chi connectivity index (χ2n) is 4.35. The molecule has 2 rings (SSSR count). The van der Waals surface area contributed by atoms with Gasteiger partial charge in [0, 0.05) is 12.3 Å². The van der Waals surface area contributed by atoms with Crippen molar-refractivity contribution in [2.24, 2.45) is 0 Å². The number of pyridine rings is 1. The van der Waals surface area contributed by atoms with Gasteiger partial charge in [0.15, 0.2) is 6.10 Å². The fourth-order valence-electron chi connectivity index (χ4n) is 1.55. The number of halogens is 3. The Balaban J connectivity index is 2.03. The van der Waals surface area contributed by atoms with Crippen LogP contribution in [0, 0.1) is 11.3 Å². The summed E-state index contributed by atoms with van der Waals surface area (Å²) in [4.78, 5) is 3.61. The van der Waals surface area contributed by atoms with Crippen LogP contribution in [-0.2, 0) is 6.18 Å². The molecule has 0 saturated heterocycles. The maximum Gasteiger partial charge on any atom is 0.417 e. The van der Waals surface area contributed by atoms with Gasteiger partial charge in [-0.2, -0.15) is 18.4 Å². The molecule has 0 radical (unpaired) electrons. The fraction of sp³-hybridized carbons (Fsp3) is 0.200. The fourth-order valence-corrected chi connectivity index (χ4v) is 1.55. The van der Waals surface area contributed by atoms with Gasteiger partial charge in [-0.25, -0.2) is 4.98 Å². The molecule has 1 aromatic carbocycles. The monoisotopic (exact) mass is 308 g/mol. The Morgan fingerprint density at radius 2 is 1.73 bits per heavy atom. The van der Waals surface area contributed by atoms with Crippen LogP contribution in [0.25, 0.3) is 0 Å². The third-order valence-corrected chi connectivity index (χ3v) is 2.60. The van der Waals surface area contributed by atoms with E-state index in [0.717, 1.165) is 12.1 Å². The quantitative estimate of drug-likeness (QED) is 0.850. The average Bonchev–Trinajstić information content (AvgIpc) is 2.49. The van der Waals surface area contributed by atoms with Crippen molar-refractivity contribution in [1.82, 2.24) is 4.98 Å². The molecule has 7 heteroatoms. The minimum atomic E-state index is -4.43. The van der Waals surface area contributed by atoms with Gasteiger partial charge >= 0.3 is 6.18 Å². The molecule has 0 aliphatic carbocycles. The largest absolute Gasteiger partial charge is 0.476 e. The standard InChI is InChI=1S/C15H11F3N2O2/c1-10(8-19)21-12-3-5-13(6-4-12)22-14-7-2-11(9-20-14)15(16,17)18/h2-7,9-10H,1H3. The summed E-state index contributed by atoms with van der Waals surface area (Å²) in [5, 5.41) is 8.64. The number of hydrogen-bond acceptors (Lipinski definition) is 4. The maximum absolute atomic E-state index is 12.4. The first-order chi connectivity index (χ1) is 10.4. The van der Waals surface area contributed by atoms with Crippen LogP contribution >= 0.6 is 0 Å². The van der Waals surface area contributed by atoms with Crippen LogP contribution in [0.5, 0.6) is 17.4 Å². The molecule has 0 amide bonds. The van der Waals surface area contributed by atoms with Crippen molar-refractivity contribution in [2.45, 2.75) is 19.2 Å². The highest BCUT2D eigenvalue weighted by molar-refractivity contribution is 5.34. The second kappa shape index (κ2) is 6.35. The van der Waals surface area contributed by atoms with Gasteiger partial charge in [-0.15, -0.1) is 0 Å².